The largest absolute Gasteiger partial charge is 0.278 e. The molecule has 11 rings (SSSR count). The molecular weight excluding hydrogens is 711 g/mol. The third-order valence-electron chi connectivity index (χ3n) is 11.4. The van der Waals surface area contributed by atoms with E-state index in [-0.39, 0.29) is 0 Å². The van der Waals surface area contributed by atoms with Gasteiger partial charge < -0.3 is 0 Å². The molecule has 0 aliphatic carbocycles. The minimum atomic E-state index is -2.98. The van der Waals surface area contributed by atoms with Gasteiger partial charge in [0.25, 0.3) is 0 Å². The zero-order valence-electron chi connectivity index (χ0n) is 30.9. The van der Waals surface area contributed by atoms with Crippen molar-refractivity contribution in [1.29, 1.82) is 0 Å². The SMILES string of the molecule is c1ccc([Si](c2ccccc2)(c2ccccc2)c2ccccc2-c2nc(-n3c4ccccc4c4ccccc43)nc(-n3c4ccccc4c4ccccc43)n2)cc1. The van der Waals surface area contributed by atoms with E-state index in [1.54, 1.807) is 0 Å². The topological polar surface area (TPSA) is 48.5 Å². The van der Waals surface area contributed by atoms with Crippen molar-refractivity contribution in [2.24, 2.45) is 0 Å². The van der Waals surface area contributed by atoms with Crippen molar-refractivity contribution in [3.05, 3.63) is 212 Å². The Morgan fingerprint density at radius 1 is 0.298 bits per heavy atom. The Balaban J connectivity index is 1.28. The van der Waals surface area contributed by atoms with Gasteiger partial charge in [-0.25, -0.2) is 0 Å². The van der Waals surface area contributed by atoms with E-state index in [0.29, 0.717) is 17.7 Å². The van der Waals surface area contributed by atoms with Crippen LogP contribution in [0.1, 0.15) is 0 Å². The Hall–Kier alpha value is -7.41. The predicted octanol–water partition coefficient (Wildman–Crippen LogP) is 9.11. The van der Waals surface area contributed by atoms with Crippen LogP contribution in [0.5, 0.6) is 0 Å². The summed E-state index contributed by atoms with van der Waals surface area (Å²) in [4.78, 5) is 16.5. The van der Waals surface area contributed by atoms with Crippen LogP contribution in [0.3, 0.4) is 0 Å². The van der Waals surface area contributed by atoms with Gasteiger partial charge >= 0.3 is 0 Å². The number of hydrogen-bond acceptors (Lipinski definition) is 3. The van der Waals surface area contributed by atoms with Gasteiger partial charge in [-0.3, -0.25) is 9.13 Å². The molecule has 0 spiro atoms. The third-order valence-corrected chi connectivity index (χ3v) is 16.2. The molecule has 57 heavy (non-hydrogen) atoms. The fourth-order valence-corrected chi connectivity index (χ4v) is 13.9. The molecule has 11 aromatic rings. The van der Waals surface area contributed by atoms with Crippen LogP contribution in [0.25, 0.3) is 66.9 Å². The molecule has 0 amide bonds. The molecule has 6 heteroatoms. The molecule has 0 N–H and O–H groups in total. The van der Waals surface area contributed by atoms with E-state index >= 15 is 0 Å². The van der Waals surface area contributed by atoms with Gasteiger partial charge in [0.05, 0.1) is 22.1 Å². The molecule has 0 unspecified atom stereocenters. The molecule has 0 bridgehead atoms. The van der Waals surface area contributed by atoms with E-state index in [9.17, 15) is 0 Å². The molecule has 268 valence electrons. The van der Waals surface area contributed by atoms with Crippen LogP contribution >= 0.6 is 0 Å². The van der Waals surface area contributed by atoms with Crippen LogP contribution in [0.15, 0.2) is 212 Å². The summed E-state index contributed by atoms with van der Waals surface area (Å²) in [5.41, 5.74) is 5.14. The lowest BCUT2D eigenvalue weighted by Crippen LogP contribution is -2.75. The molecule has 0 aliphatic heterocycles. The van der Waals surface area contributed by atoms with Gasteiger partial charge in [0.2, 0.25) is 11.9 Å². The first-order valence-corrected chi connectivity index (χ1v) is 21.3. The molecule has 0 atom stereocenters. The van der Waals surface area contributed by atoms with Crippen LogP contribution in [0.4, 0.5) is 0 Å². The summed E-state index contributed by atoms with van der Waals surface area (Å²) in [7, 11) is -2.98. The van der Waals surface area contributed by atoms with Crippen LogP contribution in [-0.4, -0.2) is 32.2 Å². The summed E-state index contributed by atoms with van der Waals surface area (Å²) >= 11 is 0. The van der Waals surface area contributed by atoms with Gasteiger partial charge in [0.1, 0.15) is 0 Å². The second-order valence-corrected chi connectivity index (χ2v) is 18.2. The van der Waals surface area contributed by atoms with Gasteiger partial charge in [-0.05, 0) is 45.0 Å². The first-order chi connectivity index (χ1) is 28.3. The van der Waals surface area contributed by atoms with Crippen molar-refractivity contribution in [2.45, 2.75) is 0 Å². The zero-order valence-corrected chi connectivity index (χ0v) is 31.9. The number of aromatic nitrogens is 5. The quantitative estimate of drug-likeness (QED) is 0.121. The summed E-state index contributed by atoms with van der Waals surface area (Å²) in [5, 5.41) is 9.67. The minimum absolute atomic E-state index is 0.565. The Bertz CT molecular complexity index is 2910. The molecule has 3 heterocycles. The Labute approximate surface area is 330 Å². The number of fused-ring (bicyclic) bond motifs is 6. The molecule has 8 aromatic carbocycles. The number of hydrogen-bond donors (Lipinski definition) is 0. The van der Waals surface area contributed by atoms with E-state index in [1.807, 2.05) is 0 Å². The maximum Gasteiger partial charge on any atom is 0.240 e. The summed E-state index contributed by atoms with van der Waals surface area (Å²) in [5.74, 6) is 1.75. The highest BCUT2D eigenvalue weighted by molar-refractivity contribution is 7.20. The van der Waals surface area contributed by atoms with Crippen molar-refractivity contribution < 1.29 is 0 Å². The van der Waals surface area contributed by atoms with Crippen molar-refractivity contribution in [2.75, 3.05) is 0 Å². The van der Waals surface area contributed by atoms with E-state index in [4.69, 9.17) is 15.0 Å². The summed E-state index contributed by atoms with van der Waals surface area (Å²) in [6.07, 6.45) is 0. The predicted molar refractivity (Wildman–Crippen MR) is 238 cm³/mol. The maximum atomic E-state index is 5.52. The minimum Gasteiger partial charge on any atom is -0.278 e. The van der Waals surface area contributed by atoms with Crippen LogP contribution in [-0.2, 0) is 0 Å². The first-order valence-electron chi connectivity index (χ1n) is 19.3. The highest BCUT2D eigenvalue weighted by Crippen LogP contribution is 2.34. The maximum absolute atomic E-state index is 5.52. The van der Waals surface area contributed by atoms with Crippen molar-refractivity contribution in [3.8, 4) is 23.3 Å². The highest BCUT2D eigenvalue weighted by Gasteiger charge is 2.43. The van der Waals surface area contributed by atoms with Gasteiger partial charge in [-0.15, -0.1) is 0 Å². The molecule has 0 saturated carbocycles. The summed E-state index contributed by atoms with van der Waals surface area (Å²) in [6, 6.07) is 75.9. The fourth-order valence-electron chi connectivity index (χ4n) is 8.99. The Kier molecular flexibility index (Phi) is 7.76. The van der Waals surface area contributed by atoms with Crippen molar-refractivity contribution in [1.82, 2.24) is 24.1 Å². The van der Waals surface area contributed by atoms with E-state index in [1.165, 1.54) is 20.7 Å². The third kappa shape index (κ3) is 5.11. The molecule has 0 aliphatic rings. The smallest absolute Gasteiger partial charge is 0.240 e. The first kappa shape index (κ1) is 33.0. The van der Waals surface area contributed by atoms with E-state index in [2.05, 4.69) is 221 Å². The van der Waals surface area contributed by atoms with Gasteiger partial charge in [0, 0.05) is 27.1 Å². The van der Waals surface area contributed by atoms with E-state index in [0.717, 1.165) is 49.2 Å². The van der Waals surface area contributed by atoms with Crippen molar-refractivity contribution in [3.63, 3.8) is 0 Å². The van der Waals surface area contributed by atoms with Crippen LogP contribution < -0.4 is 20.7 Å². The van der Waals surface area contributed by atoms with Crippen molar-refractivity contribution >= 4 is 72.4 Å². The van der Waals surface area contributed by atoms with E-state index < -0.39 is 8.07 Å². The van der Waals surface area contributed by atoms with Crippen LogP contribution in [0, 0.1) is 0 Å². The lowest BCUT2D eigenvalue weighted by molar-refractivity contribution is 0.893. The molecule has 0 radical (unpaired) electrons. The normalized spacial score (nSPS) is 11.9. The number of rotatable bonds is 7. The monoisotopic (exact) mass is 745 g/mol. The number of benzene rings is 8. The number of nitrogens with zero attached hydrogens (tertiary/aromatic N) is 5. The lowest BCUT2D eigenvalue weighted by atomic mass is 10.2. The average Bonchev–Trinajstić information content (AvgIpc) is 3.81. The summed E-state index contributed by atoms with van der Waals surface area (Å²) < 4.78 is 4.40. The lowest BCUT2D eigenvalue weighted by Gasteiger charge is -2.35. The average molecular weight is 746 g/mol. The molecule has 0 fully saturated rings. The van der Waals surface area contributed by atoms with Gasteiger partial charge in [-0.2, -0.15) is 15.0 Å². The van der Waals surface area contributed by atoms with Gasteiger partial charge in [-0.1, -0.05) is 188 Å². The van der Waals surface area contributed by atoms with Gasteiger partial charge in [0.15, 0.2) is 13.9 Å². The molecular formula is C51H35N5Si. The number of para-hydroxylation sites is 4. The molecule has 3 aromatic heterocycles. The second-order valence-electron chi connectivity index (χ2n) is 14.4. The summed E-state index contributed by atoms with van der Waals surface area (Å²) in [6.45, 7) is 0. The standard InChI is InChI=1S/C51H35N5Si/c1-4-20-36(21-5-1)57(37-22-6-2-7-23-37,38-24-8-3-9-25-38)48-35-19-14-30-43(48)49-52-50(55-44-31-15-10-26-39(44)40-27-11-16-32-45(40)55)54-51(53-49)56-46-33-17-12-28-41(46)42-29-13-18-34-47(42)56/h1-35H. The molecule has 0 saturated heterocycles. The Morgan fingerprint density at radius 2 is 0.614 bits per heavy atom. The highest BCUT2D eigenvalue weighted by atomic mass is 28.3. The molecule has 5 nitrogen and oxygen atoms in total. The second kappa shape index (κ2) is 13.4. The van der Waals surface area contributed by atoms with Crippen LogP contribution in [0.2, 0.25) is 0 Å². The Morgan fingerprint density at radius 3 is 1.00 bits per heavy atom. The zero-order chi connectivity index (χ0) is 37.8. The fraction of sp³-hybridized carbons (Fsp3) is 0.